The Morgan fingerprint density at radius 1 is 0.811 bits per heavy atom. The Bertz CT molecular complexity index is 970. The number of carbonyl (C=O) groups excluding carboxylic acids is 3. The molecule has 0 fully saturated rings. The number of benzene rings is 1. The molecule has 0 aliphatic heterocycles. The third kappa shape index (κ3) is 11.1. The van der Waals surface area contributed by atoms with Gasteiger partial charge in [0.25, 0.3) is 0 Å². The van der Waals surface area contributed by atoms with Crippen molar-refractivity contribution in [1.82, 2.24) is 16.0 Å². The quantitative estimate of drug-likeness (QED) is 0.147. The first-order chi connectivity index (χ1) is 17.3. The van der Waals surface area contributed by atoms with Gasteiger partial charge < -0.3 is 37.0 Å². The number of amides is 3. The van der Waals surface area contributed by atoms with Crippen LogP contribution in [0.25, 0.3) is 0 Å². The number of aliphatic carboxylic acids is 3. The lowest BCUT2D eigenvalue weighted by Crippen LogP contribution is -2.58. The fraction of sp³-hybridized carbons (Fsp3) is 0.500. The molecule has 8 N–H and O–H groups in total. The summed E-state index contributed by atoms with van der Waals surface area (Å²) >= 11 is 0. The van der Waals surface area contributed by atoms with Gasteiger partial charge in [0.1, 0.15) is 18.1 Å². The third-order valence-corrected chi connectivity index (χ3v) is 5.75. The van der Waals surface area contributed by atoms with Gasteiger partial charge in [-0.1, -0.05) is 50.6 Å². The second kappa shape index (κ2) is 15.2. The Kier molecular flexibility index (Phi) is 12.7. The minimum Gasteiger partial charge on any atom is -0.481 e. The molecular formula is C24H34N4O9. The number of nitrogens with two attached hydrogens (primary N) is 1. The Labute approximate surface area is 213 Å². The van der Waals surface area contributed by atoms with Gasteiger partial charge >= 0.3 is 17.9 Å². The molecule has 0 heterocycles. The van der Waals surface area contributed by atoms with Crippen LogP contribution < -0.4 is 21.7 Å². The van der Waals surface area contributed by atoms with Crippen molar-refractivity contribution in [3.8, 4) is 0 Å². The summed E-state index contributed by atoms with van der Waals surface area (Å²) < 4.78 is 0. The van der Waals surface area contributed by atoms with Gasteiger partial charge in [-0.3, -0.25) is 24.0 Å². The van der Waals surface area contributed by atoms with E-state index in [1.54, 1.807) is 37.3 Å². The van der Waals surface area contributed by atoms with Gasteiger partial charge in [0.05, 0.1) is 12.5 Å². The van der Waals surface area contributed by atoms with E-state index >= 15 is 0 Å². The number of rotatable bonds is 16. The first-order valence-electron chi connectivity index (χ1n) is 11.7. The van der Waals surface area contributed by atoms with E-state index in [1.165, 1.54) is 0 Å². The predicted molar refractivity (Wildman–Crippen MR) is 130 cm³/mol. The second-order valence-electron chi connectivity index (χ2n) is 8.65. The predicted octanol–water partition coefficient (Wildman–Crippen LogP) is -0.519. The molecule has 204 valence electrons. The molecule has 13 nitrogen and oxygen atoms in total. The highest BCUT2D eigenvalue weighted by molar-refractivity contribution is 5.95. The fourth-order valence-electron chi connectivity index (χ4n) is 3.30. The van der Waals surface area contributed by atoms with E-state index in [4.69, 9.17) is 10.8 Å². The van der Waals surface area contributed by atoms with E-state index in [0.717, 1.165) is 0 Å². The summed E-state index contributed by atoms with van der Waals surface area (Å²) in [7, 11) is 0. The number of nitrogens with one attached hydrogen (secondary N) is 3. The monoisotopic (exact) mass is 522 g/mol. The molecule has 0 aromatic heterocycles. The molecule has 0 bridgehead atoms. The van der Waals surface area contributed by atoms with Gasteiger partial charge in [-0.2, -0.15) is 0 Å². The molecule has 0 spiro atoms. The van der Waals surface area contributed by atoms with Crippen molar-refractivity contribution in [1.29, 1.82) is 0 Å². The minimum absolute atomic E-state index is 0.0968. The van der Waals surface area contributed by atoms with Crippen LogP contribution in [0.2, 0.25) is 0 Å². The molecular weight excluding hydrogens is 488 g/mol. The second-order valence-corrected chi connectivity index (χ2v) is 8.65. The minimum atomic E-state index is -1.70. The van der Waals surface area contributed by atoms with Crippen LogP contribution >= 0.6 is 0 Å². The van der Waals surface area contributed by atoms with Crippen LogP contribution in [-0.2, 0) is 35.2 Å². The van der Waals surface area contributed by atoms with Gasteiger partial charge in [0, 0.05) is 12.8 Å². The summed E-state index contributed by atoms with van der Waals surface area (Å²) in [4.78, 5) is 72.3. The van der Waals surface area contributed by atoms with E-state index in [2.05, 4.69) is 16.0 Å². The van der Waals surface area contributed by atoms with Crippen LogP contribution in [0.3, 0.4) is 0 Å². The Hall–Kier alpha value is -4.00. The van der Waals surface area contributed by atoms with Gasteiger partial charge in [0.2, 0.25) is 17.7 Å². The Morgan fingerprint density at radius 3 is 1.86 bits per heavy atom. The summed E-state index contributed by atoms with van der Waals surface area (Å²) in [5, 5.41) is 34.6. The van der Waals surface area contributed by atoms with Crippen molar-refractivity contribution in [3.63, 3.8) is 0 Å². The first kappa shape index (κ1) is 31.0. The Morgan fingerprint density at radius 2 is 1.35 bits per heavy atom. The highest BCUT2D eigenvalue weighted by Gasteiger charge is 2.32. The third-order valence-electron chi connectivity index (χ3n) is 5.75. The van der Waals surface area contributed by atoms with Gasteiger partial charge in [-0.15, -0.1) is 0 Å². The first-order valence-corrected chi connectivity index (χ1v) is 11.7. The summed E-state index contributed by atoms with van der Waals surface area (Å²) in [6, 6.07) is 2.86. The molecule has 37 heavy (non-hydrogen) atoms. The van der Waals surface area contributed by atoms with Crippen molar-refractivity contribution in [2.75, 3.05) is 0 Å². The van der Waals surface area contributed by atoms with E-state index in [9.17, 15) is 39.0 Å². The zero-order valence-corrected chi connectivity index (χ0v) is 20.7. The highest BCUT2D eigenvalue weighted by Crippen LogP contribution is 2.08. The average molecular weight is 523 g/mol. The van der Waals surface area contributed by atoms with Crippen molar-refractivity contribution >= 4 is 35.6 Å². The van der Waals surface area contributed by atoms with Crippen LogP contribution in [0.1, 0.15) is 45.1 Å². The summed E-state index contributed by atoms with van der Waals surface area (Å²) in [5.41, 5.74) is 6.48. The largest absolute Gasteiger partial charge is 0.481 e. The maximum absolute atomic E-state index is 12.9. The molecule has 1 aromatic carbocycles. The van der Waals surface area contributed by atoms with E-state index in [0.29, 0.717) is 12.0 Å². The number of hydrogen-bond donors (Lipinski definition) is 7. The maximum Gasteiger partial charge on any atom is 0.326 e. The standard InChI is InChI=1S/C24H34N4O9/c1-3-13(2)20(25)23(35)26-15(9-10-18(29)30)21(33)27-16(12-19(31)32)22(34)28-17(24(36)37)11-14-7-5-4-6-8-14/h4-8,13,15-17,20H,3,9-12,25H2,1-2H3,(H,26,35)(H,27,33)(H,28,34)(H,29,30)(H,31,32)(H,36,37). The molecule has 0 aliphatic rings. The molecule has 5 atom stereocenters. The number of carboxylic acid groups (broad SMARTS) is 3. The smallest absolute Gasteiger partial charge is 0.326 e. The summed E-state index contributed by atoms with van der Waals surface area (Å²) in [6.45, 7) is 3.53. The Balaban J connectivity index is 3.05. The van der Waals surface area contributed by atoms with Crippen LogP contribution in [0.5, 0.6) is 0 Å². The van der Waals surface area contributed by atoms with E-state index < -0.39 is 72.6 Å². The van der Waals surface area contributed by atoms with Crippen LogP contribution in [-0.4, -0.2) is 75.1 Å². The lowest BCUT2D eigenvalue weighted by Gasteiger charge is -2.25. The normalized spacial score (nSPS) is 14.8. The molecule has 0 radical (unpaired) electrons. The molecule has 0 aliphatic carbocycles. The lowest BCUT2D eigenvalue weighted by atomic mass is 9.98. The van der Waals surface area contributed by atoms with Crippen molar-refractivity contribution in [2.45, 2.75) is 70.1 Å². The summed E-state index contributed by atoms with van der Waals surface area (Å²) in [6.07, 6.45) is -1.28. The average Bonchev–Trinajstić information content (AvgIpc) is 2.84. The van der Waals surface area contributed by atoms with E-state index in [-0.39, 0.29) is 18.8 Å². The van der Waals surface area contributed by atoms with Gasteiger partial charge in [-0.05, 0) is 17.9 Å². The van der Waals surface area contributed by atoms with Crippen LogP contribution in [0.4, 0.5) is 0 Å². The van der Waals surface area contributed by atoms with Crippen LogP contribution in [0, 0.1) is 5.92 Å². The van der Waals surface area contributed by atoms with Crippen LogP contribution in [0.15, 0.2) is 30.3 Å². The molecule has 1 aromatic rings. The molecule has 0 saturated carbocycles. The number of carbonyl (C=O) groups is 6. The van der Waals surface area contributed by atoms with Crippen molar-refractivity contribution in [3.05, 3.63) is 35.9 Å². The summed E-state index contributed by atoms with van der Waals surface area (Å²) in [5.74, 6) is -7.12. The SMILES string of the molecule is CCC(C)C(N)C(=O)NC(CCC(=O)O)C(=O)NC(CC(=O)O)C(=O)NC(Cc1ccccc1)C(=O)O. The van der Waals surface area contributed by atoms with Crippen molar-refractivity contribution < 1.29 is 44.1 Å². The number of hydrogen-bond acceptors (Lipinski definition) is 7. The molecule has 1 rings (SSSR count). The van der Waals surface area contributed by atoms with Gasteiger partial charge in [0.15, 0.2) is 0 Å². The van der Waals surface area contributed by atoms with Gasteiger partial charge in [-0.25, -0.2) is 4.79 Å². The topological polar surface area (TPSA) is 225 Å². The van der Waals surface area contributed by atoms with Crippen molar-refractivity contribution in [2.24, 2.45) is 11.7 Å². The lowest BCUT2D eigenvalue weighted by molar-refractivity contribution is -0.143. The fourth-order valence-corrected chi connectivity index (χ4v) is 3.30. The molecule has 0 saturated heterocycles. The zero-order valence-electron chi connectivity index (χ0n) is 20.7. The highest BCUT2D eigenvalue weighted by atomic mass is 16.4. The molecule has 5 unspecified atom stereocenters. The maximum atomic E-state index is 12.9. The number of carboxylic acids is 3. The van der Waals surface area contributed by atoms with E-state index in [1.807, 2.05) is 6.92 Å². The molecule has 13 heteroatoms. The molecule has 3 amide bonds. The zero-order chi connectivity index (χ0) is 28.1.